The number of Topliss-reactive ketones (excluding diaryl/α,β-unsaturated/α-hetero) is 1. The van der Waals surface area contributed by atoms with Crippen molar-refractivity contribution in [2.24, 2.45) is 0 Å². The van der Waals surface area contributed by atoms with Crippen LogP contribution in [-0.4, -0.2) is 67.1 Å². The number of hydrogen-bond donors (Lipinski definition) is 1. The lowest BCUT2D eigenvalue weighted by Gasteiger charge is -2.32. The first-order valence-electron chi connectivity index (χ1n) is 10.4. The van der Waals surface area contributed by atoms with Gasteiger partial charge in [-0.05, 0) is 51.9 Å². The van der Waals surface area contributed by atoms with Crippen LogP contribution < -0.4 is 4.74 Å². The first kappa shape index (κ1) is 24.7. The van der Waals surface area contributed by atoms with Crippen molar-refractivity contribution in [2.75, 3.05) is 46.4 Å². The number of unbranched alkanes of at least 4 members (excludes halogenated alkanes) is 3. The number of benzene rings is 1. The minimum atomic E-state index is -0.114. The van der Waals surface area contributed by atoms with Crippen LogP contribution in [-0.2, 0) is 6.42 Å². The van der Waals surface area contributed by atoms with Gasteiger partial charge in [0.2, 0.25) is 0 Å². The predicted molar refractivity (Wildman–Crippen MR) is 117 cm³/mol. The highest BCUT2D eigenvalue weighted by Gasteiger charge is 2.16. The van der Waals surface area contributed by atoms with Crippen molar-refractivity contribution in [1.29, 1.82) is 0 Å². The van der Waals surface area contributed by atoms with Crippen molar-refractivity contribution >= 4 is 18.2 Å². The van der Waals surface area contributed by atoms with Gasteiger partial charge in [-0.2, -0.15) is 0 Å². The van der Waals surface area contributed by atoms with Crippen LogP contribution in [0.5, 0.6) is 11.5 Å². The minimum Gasteiger partial charge on any atom is -0.507 e. The standard InChI is InChI=1S/C22H36N2O3.ClH/c1-4-9-20-21(11-10-19(18(2)25)22(20)26)27-17-8-6-5-7-12-24-15-13-23(3)14-16-24;/h10-11,26H,4-9,12-17H2,1-3H3;1H. The number of aromatic hydroxyl groups is 1. The molecular formula is C22H37ClN2O3. The summed E-state index contributed by atoms with van der Waals surface area (Å²) in [5, 5.41) is 10.4. The van der Waals surface area contributed by atoms with Gasteiger partial charge in [0, 0.05) is 31.7 Å². The molecule has 1 aromatic carbocycles. The zero-order valence-electron chi connectivity index (χ0n) is 17.7. The predicted octanol–water partition coefficient (Wildman–Crippen LogP) is 4.16. The fraction of sp³-hybridized carbons (Fsp3) is 0.682. The molecule has 1 saturated heterocycles. The molecule has 1 aromatic rings. The van der Waals surface area contributed by atoms with Gasteiger partial charge in [-0.25, -0.2) is 0 Å². The Morgan fingerprint density at radius 2 is 1.79 bits per heavy atom. The van der Waals surface area contributed by atoms with E-state index in [4.69, 9.17) is 4.74 Å². The fourth-order valence-electron chi connectivity index (χ4n) is 3.57. The molecule has 6 heteroatoms. The van der Waals surface area contributed by atoms with E-state index in [2.05, 4.69) is 23.8 Å². The smallest absolute Gasteiger partial charge is 0.163 e. The molecular weight excluding hydrogens is 376 g/mol. The lowest BCUT2D eigenvalue weighted by Crippen LogP contribution is -2.44. The highest BCUT2D eigenvalue weighted by molar-refractivity contribution is 5.97. The van der Waals surface area contributed by atoms with Gasteiger partial charge in [0.25, 0.3) is 0 Å². The molecule has 5 nitrogen and oxygen atoms in total. The number of hydrogen-bond acceptors (Lipinski definition) is 5. The number of nitrogens with zero attached hydrogens (tertiary/aromatic N) is 2. The lowest BCUT2D eigenvalue weighted by molar-refractivity contribution is 0.101. The Balaban J connectivity index is 0.00000392. The molecule has 0 unspecified atom stereocenters. The summed E-state index contributed by atoms with van der Waals surface area (Å²) < 4.78 is 5.93. The molecule has 0 aliphatic carbocycles. The average Bonchev–Trinajstić information content (AvgIpc) is 2.64. The fourth-order valence-corrected chi connectivity index (χ4v) is 3.57. The molecule has 1 aliphatic rings. The topological polar surface area (TPSA) is 53.0 Å². The molecule has 0 bridgehead atoms. The van der Waals surface area contributed by atoms with Crippen LogP contribution in [0.2, 0.25) is 0 Å². The second-order valence-electron chi connectivity index (χ2n) is 7.65. The molecule has 1 aliphatic heterocycles. The third-order valence-electron chi connectivity index (χ3n) is 5.34. The number of ether oxygens (including phenoxy) is 1. The lowest BCUT2D eigenvalue weighted by atomic mass is 10.0. The summed E-state index contributed by atoms with van der Waals surface area (Å²) in [6.07, 6.45) is 6.27. The van der Waals surface area contributed by atoms with Gasteiger partial charge < -0.3 is 19.6 Å². The van der Waals surface area contributed by atoms with E-state index >= 15 is 0 Å². The normalized spacial score (nSPS) is 15.2. The van der Waals surface area contributed by atoms with Crippen LogP contribution >= 0.6 is 12.4 Å². The summed E-state index contributed by atoms with van der Waals surface area (Å²) in [4.78, 5) is 16.6. The van der Waals surface area contributed by atoms with E-state index in [0.717, 1.165) is 30.6 Å². The molecule has 1 N–H and O–H groups in total. The van der Waals surface area contributed by atoms with Crippen LogP contribution in [0.15, 0.2) is 12.1 Å². The summed E-state index contributed by atoms with van der Waals surface area (Å²) >= 11 is 0. The third-order valence-corrected chi connectivity index (χ3v) is 5.34. The number of likely N-dealkylation sites (N-methyl/N-ethyl adjacent to an activating group) is 1. The van der Waals surface area contributed by atoms with Gasteiger partial charge in [-0.1, -0.05) is 26.2 Å². The first-order valence-corrected chi connectivity index (χ1v) is 10.4. The zero-order valence-corrected chi connectivity index (χ0v) is 18.5. The van der Waals surface area contributed by atoms with E-state index < -0.39 is 0 Å². The number of piperazine rings is 1. The summed E-state index contributed by atoms with van der Waals surface area (Å²) in [7, 11) is 2.19. The summed E-state index contributed by atoms with van der Waals surface area (Å²) in [6, 6.07) is 3.50. The van der Waals surface area contributed by atoms with Crippen molar-refractivity contribution in [3.05, 3.63) is 23.3 Å². The number of carbonyl (C=O) groups is 1. The van der Waals surface area contributed by atoms with Crippen LogP contribution in [0.3, 0.4) is 0 Å². The van der Waals surface area contributed by atoms with Crippen LogP contribution in [0.1, 0.15) is 61.9 Å². The second kappa shape index (κ2) is 13.0. The van der Waals surface area contributed by atoms with E-state index in [1.165, 1.54) is 52.5 Å². The summed E-state index contributed by atoms with van der Waals surface area (Å²) in [5.74, 6) is 0.697. The van der Waals surface area contributed by atoms with Crippen LogP contribution in [0.25, 0.3) is 0 Å². The molecule has 0 amide bonds. The molecule has 0 atom stereocenters. The maximum absolute atomic E-state index is 11.6. The SMILES string of the molecule is CCCc1c(OCCCCCCN2CCN(C)CC2)ccc(C(C)=O)c1O.Cl. The van der Waals surface area contributed by atoms with Crippen LogP contribution in [0.4, 0.5) is 0 Å². The van der Waals surface area contributed by atoms with Gasteiger partial charge in [0.05, 0.1) is 12.2 Å². The van der Waals surface area contributed by atoms with Crippen molar-refractivity contribution in [1.82, 2.24) is 9.80 Å². The maximum Gasteiger partial charge on any atom is 0.163 e. The van der Waals surface area contributed by atoms with E-state index in [-0.39, 0.29) is 23.9 Å². The van der Waals surface area contributed by atoms with E-state index in [1.807, 2.05) is 6.07 Å². The van der Waals surface area contributed by atoms with Gasteiger partial charge in [0.15, 0.2) is 5.78 Å². The maximum atomic E-state index is 11.6. The quantitative estimate of drug-likeness (QED) is 0.437. The van der Waals surface area contributed by atoms with Crippen molar-refractivity contribution in [2.45, 2.75) is 52.4 Å². The van der Waals surface area contributed by atoms with Gasteiger partial charge in [-0.3, -0.25) is 4.79 Å². The Kier molecular flexibility index (Phi) is 11.5. The number of ketones is 1. The average molecular weight is 413 g/mol. The molecule has 0 spiro atoms. The van der Waals surface area contributed by atoms with Gasteiger partial charge >= 0.3 is 0 Å². The van der Waals surface area contributed by atoms with Gasteiger partial charge in [-0.15, -0.1) is 12.4 Å². The van der Waals surface area contributed by atoms with Crippen LogP contribution in [0, 0.1) is 0 Å². The molecule has 1 heterocycles. The largest absolute Gasteiger partial charge is 0.507 e. The Morgan fingerprint density at radius 1 is 1.11 bits per heavy atom. The highest BCUT2D eigenvalue weighted by atomic mass is 35.5. The molecule has 1 fully saturated rings. The number of phenolic OH excluding ortho intramolecular Hbond substituents is 1. The monoisotopic (exact) mass is 412 g/mol. The van der Waals surface area contributed by atoms with E-state index in [1.54, 1.807) is 6.07 Å². The summed E-state index contributed by atoms with van der Waals surface area (Å²) in [6.45, 7) is 10.2. The Bertz CT molecular complexity index is 602. The Hall–Kier alpha value is -1.30. The van der Waals surface area contributed by atoms with Crippen molar-refractivity contribution in [3.8, 4) is 11.5 Å². The second-order valence-corrected chi connectivity index (χ2v) is 7.65. The Labute approximate surface area is 176 Å². The third kappa shape index (κ3) is 7.61. The molecule has 0 saturated carbocycles. The van der Waals surface area contributed by atoms with Gasteiger partial charge in [0.1, 0.15) is 11.5 Å². The molecule has 160 valence electrons. The number of carbonyl (C=O) groups excluding carboxylic acids is 1. The highest BCUT2D eigenvalue weighted by Crippen LogP contribution is 2.33. The molecule has 0 aromatic heterocycles. The molecule has 2 rings (SSSR count). The number of phenols is 1. The van der Waals surface area contributed by atoms with E-state index in [9.17, 15) is 9.90 Å². The van der Waals surface area contributed by atoms with Crippen molar-refractivity contribution in [3.63, 3.8) is 0 Å². The minimum absolute atomic E-state index is 0. The molecule has 28 heavy (non-hydrogen) atoms. The Morgan fingerprint density at radius 3 is 2.43 bits per heavy atom. The summed E-state index contributed by atoms with van der Waals surface area (Å²) in [5.41, 5.74) is 1.15. The molecule has 0 radical (unpaired) electrons. The van der Waals surface area contributed by atoms with E-state index in [0.29, 0.717) is 18.6 Å². The first-order chi connectivity index (χ1) is 13.0. The number of rotatable bonds is 11. The van der Waals surface area contributed by atoms with Crippen molar-refractivity contribution < 1.29 is 14.6 Å². The number of halogens is 1. The zero-order chi connectivity index (χ0) is 19.6.